The number of ether oxygens (including phenoxy) is 1. The van der Waals surface area contributed by atoms with Gasteiger partial charge in [0, 0.05) is 37.0 Å². The number of H-pyrrole nitrogens is 1. The SMILES string of the molecule is C[C@H](Cc1c[nH]nn1)O[C@H](C)C(=O)N1Cc2cnc(NC3Cc4ccccc4C3)nc2C1. The summed E-state index contributed by atoms with van der Waals surface area (Å²) in [4.78, 5) is 23.9. The highest BCUT2D eigenvalue weighted by atomic mass is 16.5. The lowest BCUT2D eigenvalue weighted by molar-refractivity contribution is -0.146. The summed E-state index contributed by atoms with van der Waals surface area (Å²) >= 11 is 0. The predicted molar refractivity (Wildman–Crippen MR) is 118 cm³/mol. The van der Waals surface area contributed by atoms with Crippen LogP contribution in [0.2, 0.25) is 0 Å². The summed E-state index contributed by atoms with van der Waals surface area (Å²) in [7, 11) is 0. The molecule has 9 heteroatoms. The van der Waals surface area contributed by atoms with Crippen LogP contribution < -0.4 is 5.32 Å². The molecule has 0 unspecified atom stereocenters. The van der Waals surface area contributed by atoms with Gasteiger partial charge in [-0.2, -0.15) is 0 Å². The largest absolute Gasteiger partial charge is 0.365 e. The van der Waals surface area contributed by atoms with Gasteiger partial charge >= 0.3 is 0 Å². The molecule has 166 valence electrons. The Morgan fingerprint density at radius 1 is 1.22 bits per heavy atom. The molecule has 9 nitrogen and oxygen atoms in total. The van der Waals surface area contributed by atoms with Crippen LogP contribution in [0.3, 0.4) is 0 Å². The molecule has 0 fully saturated rings. The minimum atomic E-state index is -0.547. The first-order chi connectivity index (χ1) is 15.5. The van der Waals surface area contributed by atoms with Crippen molar-refractivity contribution in [1.82, 2.24) is 30.3 Å². The zero-order chi connectivity index (χ0) is 22.1. The molecule has 1 aliphatic carbocycles. The summed E-state index contributed by atoms with van der Waals surface area (Å²) < 4.78 is 5.92. The summed E-state index contributed by atoms with van der Waals surface area (Å²) in [6.45, 7) is 4.71. The molecule has 1 amide bonds. The number of benzene rings is 1. The molecule has 0 saturated carbocycles. The highest BCUT2D eigenvalue weighted by Crippen LogP contribution is 2.26. The molecular weight excluding hydrogens is 406 g/mol. The molecule has 3 aromatic rings. The number of rotatable bonds is 7. The standard InChI is InChI=1S/C23H27N7O2/c1-14(7-20-11-25-29-28-20)32-15(2)22(31)30-12-18-10-24-23(27-21(18)13-30)26-19-8-16-5-3-4-6-17(16)9-19/h3-6,10-11,14-15,19H,7-9,12-13H2,1-2H3,(H,24,26,27)(H,25,28,29)/t14-,15-/m1/s1. The number of carbonyl (C=O) groups excluding carboxylic acids is 1. The van der Waals surface area contributed by atoms with Crippen LogP contribution in [0.15, 0.2) is 36.7 Å². The quantitative estimate of drug-likeness (QED) is 0.587. The third-order valence-corrected chi connectivity index (χ3v) is 6.10. The first-order valence-electron chi connectivity index (χ1n) is 11.0. The predicted octanol–water partition coefficient (Wildman–Crippen LogP) is 2.05. The Kier molecular flexibility index (Phi) is 5.57. The van der Waals surface area contributed by atoms with E-state index >= 15 is 0 Å². The van der Waals surface area contributed by atoms with Crippen LogP contribution in [-0.2, 0) is 41.9 Å². The summed E-state index contributed by atoms with van der Waals surface area (Å²) in [6, 6.07) is 8.82. The van der Waals surface area contributed by atoms with Gasteiger partial charge in [0.25, 0.3) is 5.91 Å². The van der Waals surface area contributed by atoms with Gasteiger partial charge in [0.1, 0.15) is 6.10 Å². The fourth-order valence-corrected chi connectivity index (χ4v) is 4.55. The molecule has 0 saturated heterocycles. The van der Waals surface area contributed by atoms with Crippen molar-refractivity contribution in [2.75, 3.05) is 5.32 Å². The van der Waals surface area contributed by atoms with Crippen LogP contribution in [0.5, 0.6) is 0 Å². The van der Waals surface area contributed by atoms with Crippen LogP contribution in [0.1, 0.15) is 41.9 Å². The molecule has 5 rings (SSSR count). The molecule has 0 bridgehead atoms. The molecule has 1 aromatic carbocycles. The van der Waals surface area contributed by atoms with E-state index in [0.29, 0.717) is 31.5 Å². The molecule has 0 radical (unpaired) electrons. The first kappa shape index (κ1) is 20.6. The second-order valence-corrected chi connectivity index (χ2v) is 8.64. The zero-order valence-corrected chi connectivity index (χ0v) is 18.3. The summed E-state index contributed by atoms with van der Waals surface area (Å²) in [5, 5.41) is 13.8. The average Bonchev–Trinajstić information content (AvgIpc) is 3.51. The summed E-state index contributed by atoms with van der Waals surface area (Å²) in [5.74, 6) is 0.581. The molecule has 3 heterocycles. The van der Waals surface area contributed by atoms with Crippen molar-refractivity contribution in [3.8, 4) is 0 Å². The van der Waals surface area contributed by atoms with E-state index in [-0.39, 0.29) is 12.0 Å². The molecular formula is C23H27N7O2. The Labute approximate surface area is 186 Å². The van der Waals surface area contributed by atoms with Gasteiger partial charge in [-0.25, -0.2) is 9.97 Å². The van der Waals surface area contributed by atoms with Crippen molar-refractivity contribution in [2.45, 2.75) is 64.4 Å². The Bertz CT molecular complexity index is 1080. The number of carbonyl (C=O) groups is 1. The van der Waals surface area contributed by atoms with Crippen molar-refractivity contribution in [3.05, 3.63) is 64.7 Å². The third-order valence-electron chi connectivity index (χ3n) is 6.10. The van der Waals surface area contributed by atoms with Gasteiger partial charge < -0.3 is 15.0 Å². The van der Waals surface area contributed by atoms with Crippen molar-refractivity contribution < 1.29 is 9.53 Å². The van der Waals surface area contributed by atoms with Crippen LogP contribution in [0, 0.1) is 0 Å². The number of hydrogen-bond donors (Lipinski definition) is 2. The first-order valence-corrected chi connectivity index (χ1v) is 11.0. The van der Waals surface area contributed by atoms with E-state index in [9.17, 15) is 4.79 Å². The number of anilines is 1. The Hall–Kier alpha value is -3.33. The number of aromatic nitrogens is 5. The topological polar surface area (TPSA) is 109 Å². The van der Waals surface area contributed by atoms with Gasteiger partial charge in [-0.1, -0.05) is 29.5 Å². The lowest BCUT2D eigenvalue weighted by Gasteiger charge is -2.23. The smallest absolute Gasteiger partial charge is 0.252 e. The second-order valence-electron chi connectivity index (χ2n) is 8.64. The molecule has 32 heavy (non-hydrogen) atoms. The minimum absolute atomic E-state index is 0.0456. The molecule has 2 aromatic heterocycles. The number of amides is 1. The lowest BCUT2D eigenvalue weighted by Crippen LogP contribution is -2.37. The molecule has 2 aliphatic rings. The van der Waals surface area contributed by atoms with Gasteiger partial charge in [-0.15, -0.1) is 5.10 Å². The van der Waals surface area contributed by atoms with E-state index in [4.69, 9.17) is 9.72 Å². The van der Waals surface area contributed by atoms with Crippen molar-refractivity contribution in [1.29, 1.82) is 0 Å². The van der Waals surface area contributed by atoms with Gasteiger partial charge in [-0.3, -0.25) is 9.89 Å². The molecule has 1 aliphatic heterocycles. The normalized spacial score (nSPS) is 17.1. The van der Waals surface area contributed by atoms with E-state index in [1.165, 1.54) is 11.1 Å². The van der Waals surface area contributed by atoms with E-state index in [1.54, 1.807) is 18.0 Å². The summed E-state index contributed by atoms with van der Waals surface area (Å²) in [6.07, 6.45) is 5.42. The van der Waals surface area contributed by atoms with Gasteiger partial charge in [0.05, 0.1) is 24.0 Å². The van der Waals surface area contributed by atoms with Crippen LogP contribution >= 0.6 is 0 Å². The Morgan fingerprint density at radius 3 is 2.72 bits per heavy atom. The average molecular weight is 434 g/mol. The summed E-state index contributed by atoms with van der Waals surface area (Å²) in [5.41, 5.74) is 5.46. The maximum Gasteiger partial charge on any atom is 0.252 e. The van der Waals surface area contributed by atoms with Gasteiger partial charge in [0.2, 0.25) is 5.95 Å². The Morgan fingerprint density at radius 2 is 2.00 bits per heavy atom. The van der Waals surface area contributed by atoms with Crippen molar-refractivity contribution in [3.63, 3.8) is 0 Å². The van der Waals surface area contributed by atoms with E-state index in [2.05, 4.69) is 50.0 Å². The monoisotopic (exact) mass is 433 g/mol. The van der Waals surface area contributed by atoms with Gasteiger partial charge in [0.15, 0.2) is 0 Å². The zero-order valence-electron chi connectivity index (χ0n) is 18.3. The molecule has 2 N–H and O–H groups in total. The van der Waals surface area contributed by atoms with Gasteiger partial charge in [-0.05, 0) is 37.8 Å². The molecule has 0 spiro atoms. The number of nitrogens with zero attached hydrogens (tertiary/aromatic N) is 5. The number of fused-ring (bicyclic) bond motifs is 2. The number of nitrogens with one attached hydrogen (secondary N) is 2. The van der Waals surface area contributed by atoms with Crippen molar-refractivity contribution in [2.24, 2.45) is 0 Å². The molecule has 2 atom stereocenters. The van der Waals surface area contributed by atoms with Crippen LogP contribution in [-0.4, -0.2) is 54.4 Å². The highest BCUT2D eigenvalue weighted by Gasteiger charge is 2.30. The van der Waals surface area contributed by atoms with Crippen LogP contribution in [0.4, 0.5) is 5.95 Å². The maximum absolute atomic E-state index is 12.9. The van der Waals surface area contributed by atoms with Crippen LogP contribution in [0.25, 0.3) is 0 Å². The minimum Gasteiger partial charge on any atom is -0.365 e. The van der Waals surface area contributed by atoms with E-state index in [1.807, 2.05) is 13.1 Å². The fourth-order valence-electron chi connectivity index (χ4n) is 4.55. The number of aromatic amines is 1. The lowest BCUT2D eigenvalue weighted by atomic mass is 10.1. The third kappa shape index (κ3) is 4.34. The van der Waals surface area contributed by atoms with E-state index in [0.717, 1.165) is 29.8 Å². The van der Waals surface area contributed by atoms with Crippen molar-refractivity contribution >= 4 is 11.9 Å². The second kappa shape index (κ2) is 8.66. The van der Waals surface area contributed by atoms with E-state index < -0.39 is 6.10 Å². The maximum atomic E-state index is 12.9. The number of hydrogen-bond acceptors (Lipinski definition) is 7. The highest BCUT2D eigenvalue weighted by molar-refractivity contribution is 5.81. The fraction of sp³-hybridized carbons (Fsp3) is 0.435. The Balaban J connectivity index is 1.16.